The summed E-state index contributed by atoms with van der Waals surface area (Å²) in [5.41, 5.74) is 14.8. The van der Waals surface area contributed by atoms with E-state index in [0.717, 1.165) is 138 Å². The van der Waals surface area contributed by atoms with Crippen molar-refractivity contribution < 1.29 is 8.83 Å². The summed E-state index contributed by atoms with van der Waals surface area (Å²) in [6.07, 6.45) is 10.0. The highest BCUT2D eigenvalue weighted by atomic mass is 16.3. The minimum atomic E-state index is 0.425. The second kappa shape index (κ2) is 18.1. The second-order valence-electron chi connectivity index (χ2n) is 20.4. The van der Waals surface area contributed by atoms with Gasteiger partial charge in [0.25, 0.3) is 0 Å². The maximum atomic E-state index is 7.47. The van der Waals surface area contributed by atoms with Crippen LogP contribution in [0.2, 0.25) is 0 Å². The number of hydrogen-bond donors (Lipinski definition) is 0. The Bertz CT molecular complexity index is 4900. The highest BCUT2D eigenvalue weighted by molar-refractivity contribution is 6.38. The van der Waals surface area contributed by atoms with Gasteiger partial charge in [0, 0.05) is 73.0 Å². The smallest absolute Gasteiger partial charge is 0.159 e. The van der Waals surface area contributed by atoms with E-state index < -0.39 is 0 Å². The molecule has 0 fully saturated rings. The van der Waals surface area contributed by atoms with Crippen LogP contribution in [0, 0.1) is 0 Å². The number of para-hydroxylation sites is 3. The average Bonchev–Trinajstić information content (AvgIpc) is 3.78. The van der Waals surface area contributed by atoms with E-state index >= 15 is 0 Å². The number of fused-ring (bicyclic) bond motifs is 13. The normalized spacial score (nSPS) is 13.6. The molecule has 7 nitrogen and oxygen atoms in total. The molecule has 12 aromatic carbocycles. The summed E-state index contributed by atoms with van der Waals surface area (Å²) in [4.78, 5) is 16.8. The first kappa shape index (κ1) is 44.8. The monoisotopic (exact) mass is 1010 g/mol. The molecule has 0 radical (unpaired) electrons. The van der Waals surface area contributed by atoms with Gasteiger partial charge in [0.05, 0.1) is 33.8 Å². The number of furan rings is 2. The van der Waals surface area contributed by atoms with Gasteiger partial charge in [0.15, 0.2) is 5.58 Å². The first-order valence-corrected chi connectivity index (χ1v) is 26.8. The zero-order valence-corrected chi connectivity index (χ0v) is 42.8. The molecule has 0 N–H and O–H groups in total. The van der Waals surface area contributed by atoms with Gasteiger partial charge in [-0.2, -0.15) is 0 Å². The minimum absolute atomic E-state index is 0.425. The van der Waals surface area contributed by atoms with Crippen LogP contribution in [0.1, 0.15) is 5.56 Å². The zero-order chi connectivity index (χ0) is 52.0. The molecule has 0 bridgehead atoms. The van der Waals surface area contributed by atoms with Crippen LogP contribution < -0.4 is 14.7 Å². The van der Waals surface area contributed by atoms with Crippen molar-refractivity contribution in [2.24, 2.45) is 9.98 Å². The van der Waals surface area contributed by atoms with Gasteiger partial charge in [-0.1, -0.05) is 188 Å². The standard InChI is InChI=1S/C72H47N5O2/c1-5-20-46(21-6-1)52-31-17-33-55-58(52)40-49-26-13-14-29-53(49)69(55)77(51-27-11-4-12-28-51)61-41-50-42-62(76-45-74-38-36-60(76)48-24-9-3-10-25-48)66-56-30-15-16-35-64(56)78-72(66)65(50)67-59(61)43-63(75-39-19-37-73-44-75)71-68(67)57-34-18-32-54(70(57)79-71)47-22-7-2-8-23-47/h1-43H,44-45H2. The third-order valence-corrected chi connectivity index (χ3v) is 16.0. The lowest BCUT2D eigenvalue weighted by molar-refractivity contribution is 0.669. The average molecular weight is 1010 g/mol. The van der Waals surface area contributed by atoms with E-state index in [1.165, 1.54) is 10.9 Å². The van der Waals surface area contributed by atoms with Gasteiger partial charge in [-0.15, -0.1) is 0 Å². The van der Waals surface area contributed by atoms with Crippen molar-refractivity contribution in [1.29, 1.82) is 0 Å². The topological polar surface area (TPSA) is 60.7 Å². The molecule has 0 saturated carbocycles. The Hall–Kier alpha value is -10.5. The third kappa shape index (κ3) is 7.06. The van der Waals surface area contributed by atoms with Gasteiger partial charge < -0.3 is 23.5 Å². The molecule has 2 aromatic heterocycles. The molecule has 14 aromatic rings. The van der Waals surface area contributed by atoms with Crippen molar-refractivity contribution >= 4 is 134 Å². The predicted molar refractivity (Wildman–Crippen MR) is 332 cm³/mol. The fourth-order valence-electron chi connectivity index (χ4n) is 12.5. The van der Waals surface area contributed by atoms with E-state index in [9.17, 15) is 0 Å². The van der Waals surface area contributed by atoms with Gasteiger partial charge in [0.2, 0.25) is 0 Å². The van der Waals surface area contributed by atoms with Crippen LogP contribution in [0.5, 0.6) is 0 Å². The van der Waals surface area contributed by atoms with Crippen LogP contribution in [-0.4, -0.2) is 25.8 Å². The lowest BCUT2D eigenvalue weighted by Gasteiger charge is -2.32. The molecular formula is C72H47N5O2. The number of allylic oxidation sites excluding steroid dienone is 2. The van der Waals surface area contributed by atoms with Crippen LogP contribution >= 0.6 is 0 Å². The second-order valence-corrected chi connectivity index (χ2v) is 20.4. The summed E-state index contributed by atoms with van der Waals surface area (Å²) in [6.45, 7) is 0.852. The van der Waals surface area contributed by atoms with Gasteiger partial charge >= 0.3 is 0 Å². The van der Waals surface area contributed by atoms with E-state index in [1.807, 2.05) is 18.5 Å². The molecule has 2 aliphatic rings. The Morgan fingerprint density at radius 1 is 0.405 bits per heavy atom. The highest BCUT2D eigenvalue weighted by Crippen LogP contribution is 2.55. The minimum Gasteiger partial charge on any atom is -0.455 e. The van der Waals surface area contributed by atoms with Crippen molar-refractivity contribution in [3.63, 3.8) is 0 Å². The number of anilines is 5. The van der Waals surface area contributed by atoms with Gasteiger partial charge in [-0.25, -0.2) is 0 Å². The Morgan fingerprint density at radius 2 is 1.06 bits per heavy atom. The molecule has 4 heterocycles. The van der Waals surface area contributed by atoms with Crippen molar-refractivity contribution in [3.8, 4) is 22.3 Å². The molecule has 0 unspecified atom stereocenters. The summed E-state index contributed by atoms with van der Waals surface area (Å²) in [5.74, 6) is 0. The van der Waals surface area contributed by atoms with E-state index in [2.05, 4.69) is 257 Å². The Labute approximate surface area is 454 Å². The fourth-order valence-corrected chi connectivity index (χ4v) is 12.5. The van der Waals surface area contributed by atoms with Crippen LogP contribution in [0.4, 0.5) is 28.4 Å². The number of nitrogens with zero attached hydrogens (tertiary/aromatic N) is 5. The van der Waals surface area contributed by atoms with Crippen LogP contribution in [0.3, 0.4) is 0 Å². The maximum absolute atomic E-state index is 7.47. The Balaban J connectivity index is 1.13. The lowest BCUT2D eigenvalue weighted by Crippen LogP contribution is -2.24. The maximum Gasteiger partial charge on any atom is 0.159 e. The summed E-state index contributed by atoms with van der Waals surface area (Å²) in [5, 5.41) is 12.7. The molecule has 2 aliphatic heterocycles. The van der Waals surface area contributed by atoms with E-state index in [1.54, 1.807) is 0 Å². The van der Waals surface area contributed by atoms with Gasteiger partial charge in [0.1, 0.15) is 30.1 Å². The first-order chi connectivity index (χ1) is 39.2. The summed E-state index contributed by atoms with van der Waals surface area (Å²) < 4.78 is 14.9. The van der Waals surface area contributed by atoms with E-state index in [4.69, 9.17) is 18.8 Å². The molecule has 0 spiro atoms. The number of benzene rings is 12. The molecule has 79 heavy (non-hydrogen) atoms. The van der Waals surface area contributed by atoms with Crippen molar-refractivity contribution in [2.75, 3.05) is 28.0 Å². The molecule has 0 atom stereocenters. The van der Waals surface area contributed by atoms with Crippen LogP contribution in [0.15, 0.2) is 268 Å². The van der Waals surface area contributed by atoms with Crippen LogP contribution in [0.25, 0.3) is 115 Å². The predicted octanol–water partition coefficient (Wildman–Crippen LogP) is 19.2. The van der Waals surface area contributed by atoms with E-state index in [-0.39, 0.29) is 0 Å². The SMILES string of the molecule is C1=CN(c2cc3c(N(c4ccccc4)c4c5ccccc5cc5c(-c6ccccc6)cccc45)cc4cc(N5CN=CC=C5c5ccccc5)c5c6ccccc6oc5c4c3c3c2oc2c(-c4ccccc4)cccc23)CN=C1. The van der Waals surface area contributed by atoms with Gasteiger partial charge in [-0.05, 0) is 93.0 Å². The molecule has 0 amide bonds. The fraction of sp³-hybridized carbons (Fsp3) is 0.0278. The number of aliphatic imine (C=N–C) groups is 2. The third-order valence-electron chi connectivity index (χ3n) is 16.0. The van der Waals surface area contributed by atoms with Crippen LogP contribution in [-0.2, 0) is 0 Å². The van der Waals surface area contributed by atoms with Gasteiger partial charge in [-0.3, -0.25) is 9.98 Å². The largest absolute Gasteiger partial charge is 0.455 e. The summed E-state index contributed by atoms with van der Waals surface area (Å²) in [7, 11) is 0. The highest BCUT2D eigenvalue weighted by Gasteiger charge is 2.31. The molecule has 0 aliphatic carbocycles. The molecule has 7 heteroatoms. The quantitative estimate of drug-likeness (QED) is 0.112. The summed E-state index contributed by atoms with van der Waals surface area (Å²) in [6, 6.07) is 82.9. The Morgan fingerprint density at radius 3 is 1.84 bits per heavy atom. The van der Waals surface area contributed by atoms with E-state index in [0.29, 0.717) is 13.3 Å². The zero-order valence-electron chi connectivity index (χ0n) is 42.8. The Kier molecular flexibility index (Phi) is 10.2. The first-order valence-electron chi connectivity index (χ1n) is 26.8. The molecular weight excluding hydrogens is 967 g/mol. The lowest BCUT2D eigenvalue weighted by atomic mass is 9.90. The number of hydrogen-bond acceptors (Lipinski definition) is 7. The molecule has 0 saturated heterocycles. The summed E-state index contributed by atoms with van der Waals surface area (Å²) >= 11 is 0. The molecule has 16 rings (SSSR count). The molecule has 372 valence electrons. The van der Waals surface area contributed by atoms with Crippen molar-refractivity contribution in [1.82, 2.24) is 0 Å². The van der Waals surface area contributed by atoms with Crippen molar-refractivity contribution in [2.45, 2.75) is 0 Å². The number of rotatable bonds is 8. The van der Waals surface area contributed by atoms with Crippen molar-refractivity contribution in [3.05, 3.63) is 254 Å².